The van der Waals surface area contributed by atoms with E-state index in [2.05, 4.69) is 15.5 Å². The molecule has 0 saturated carbocycles. The van der Waals surface area contributed by atoms with Gasteiger partial charge in [0.05, 0.1) is 28.2 Å². The van der Waals surface area contributed by atoms with Gasteiger partial charge in [0.1, 0.15) is 5.82 Å². The van der Waals surface area contributed by atoms with Gasteiger partial charge in [-0.05, 0) is 30.3 Å². The molecule has 0 bridgehead atoms. The van der Waals surface area contributed by atoms with Gasteiger partial charge in [0.15, 0.2) is 0 Å². The molecule has 3 aromatic rings. The van der Waals surface area contributed by atoms with Gasteiger partial charge < -0.3 is 9.47 Å². The standard InChI is InChI=1S/C20H20Cl2N4O/c1-24-18-5-3-2-4-17(18)23-19(24)13-25-8-10-26(11-9-25)20(27)15-7-6-14(21)12-16(15)22/h2-7,12H,8-11,13H2,1H3. The largest absolute Gasteiger partial charge is 0.336 e. The number of aryl methyl sites for hydroxylation is 1. The molecule has 1 aliphatic rings. The molecule has 0 spiro atoms. The van der Waals surface area contributed by atoms with Crippen LogP contribution in [0, 0.1) is 0 Å². The molecule has 2 heterocycles. The lowest BCUT2D eigenvalue weighted by Gasteiger charge is -2.34. The highest BCUT2D eigenvalue weighted by atomic mass is 35.5. The van der Waals surface area contributed by atoms with Crippen LogP contribution in [-0.2, 0) is 13.6 Å². The van der Waals surface area contributed by atoms with Gasteiger partial charge in [0.25, 0.3) is 5.91 Å². The highest BCUT2D eigenvalue weighted by Gasteiger charge is 2.24. The van der Waals surface area contributed by atoms with Crippen LogP contribution in [-0.4, -0.2) is 51.4 Å². The quantitative estimate of drug-likeness (QED) is 0.668. The molecule has 0 radical (unpaired) electrons. The molecule has 4 rings (SSSR count). The van der Waals surface area contributed by atoms with E-state index in [1.807, 2.05) is 30.1 Å². The zero-order chi connectivity index (χ0) is 19.0. The molecule has 2 aromatic carbocycles. The predicted octanol–water partition coefficient (Wildman–Crippen LogP) is 3.84. The lowest BCUT2D eigenvalue weighted by molar-refractivity contribution is 0.0624. The second-order valence-electron chi connectivity index (χ2n) is 6.77. The maximum atomic E-state index is 12.7. The van der Waals surface area contributed by atoms with E-state index in [1.165, 1.54) is 0 Å². The number of aromatic nitrogens is 2. The number of carbonyl (C=O) groups is 1. The van der Waals surface area contributed by atoms with Crippen molar-refractivity contribution < 1.29 is 4.79 Å². The van der Waals surface area contributed by atoms with Crippen molar-refractivity contribution in [3.05, 3.63) is 63.9 Å². The minimum atomic E-state index is -0.0425. The molecule has 5 nitrogen and oxygen atoms in total. The van der Waals surface area contributed by atoms with E-state index in [-0.39, 0.29) is 5.91 Å². The van der Waals surface area contributed by atoms with Crippen molar-refractivity contribution in [2.75, 3.05) is 26.2 Å². The van der Waals surface area contributed by atoms with Crippen LogP contribution in [0.3, 0.4) is 0 Å². The summed E-state index contributed by atoms with van der Waals surface area (Å²) in [5.41, 5.74) is 2.66. The van der Waals surface area contributed by atoms with Gasteiger partial charge >= 0.3 is 0 Å². The normalized spacial score (nSPS) is 15.4. The van der Waals surface area contributed by atoms with Gasteiger partial charge in [-0.25, -0.2) is 4.98 Å². The van der Waals surface area contributed by atoms with Crippen molar-refractivity contribution >= 4 is 40.1 Å². The van der Waals surface area contributed by atoms with E-state index in [4.69, 9.17) is 28.2 Å². The molecule has 1 fully saturated rings. The van der Waals surface area contributed by atoms with Gasteiger partial charge in [-0.2, -0.15) is 0 Å². The van der Waals surface area contributed by atoms with Gasteiger partial charge in [0, 0.05) is 38.2 Å². The monoisotopic (exact) mass is 402 g/mol. The number of halogens is 2. The molecule has 27 heavy (non-hydrogen) atoms. The van der Waals surface area contributed by atoms with Crippen LogP contribution in [0.2, 0.25) is 10.0 Å². The minimum Gasteiger partial charge on any atom is -0.336 e. The highest BCUT2D eigenvalue weighted by Crippen LogP contribution is 2.23. The smallest absolute Gasteiger partial charge is 0.255 e. The van der Waals surface area contributed by atoms with Crippen molar-refractivity contribution in [1.82, 2.24) is 19.4 Å². The lowest BCUT2D eigenvalue weighted by Crippen LogP contribution is -2.48. The molecule has 1 aliphatic heterocycles. The number of imidazole rings is 1. The zero-order valence-corrected chi connectivity index (χ0v) is 16.5. The Morgan fingerprint density at radius 2 is 1.81 bits per heavy atom. The van der Waals surface area contributed by atoms with Crippen molar-refractivity contribution in [1.29, 1.82) is 0 Å². The number of fused-ring (bicyclic) bond motifs is 1. The van der Waals surface area contributed by atoms with E-state index in [0.717, 1.165) is 36.5 Å². The number of benzene rings is 2. The Morgan fingerprint density at radius 1 is 1.07 bits per heavy atom. The average molecular weight is 403 g/mol. The third-order valence-corrected chi connectivity index (χ3v) is 5.61. The number of amides is 1. The molecule has 0 atom stereocenters. The fourth-order valence-corrected chi connectivity index (χ4v) is 3.97. The number of nitrogens with zero attached hydrogens (tertiary/aromatic N) is 4. The van der Waals surface area contributed by atoms with Gasteiger partial charge in [-0.1, -0.05) is 35.3 Å². The molecule has 0 aliphatic carbocycles. The average Bonchev–Trinajstić information content (AvgIpc) is 2.98. The molecule has 0 N–H and O–H groups in total. The maximum absolute atomic E-state index is 12.7. The fourth-order valence-electron chi connectivity index (χ4n) is 3.48. The summed E-state index contributed by atoms with van der Waals surface area (Å²) >= 11 is 12.1. The fraction of sp³-hybridized carbons (Fsp3) is 0.300. The summed E-state index contributed by atoms with van der Waals surface area (Å²) in [6.45, 7) is 3.72. The molecular formula is C20H20Cl2N4O. The Balaban J connectivity index is 1.41. The van der Waals surface area contributed by atoms with Crippen molar-refractivity contribution in [2.45, 2.75) is 6.54 Å². The SMILES string of the molecule is Cn1c(CN2CCN(C(=O)c3ccc(Cl)cc3Cl)CC2)nc2ccccc21. The first-order chi connectivity index (χ1) is 13.0. The third kappa shape index (κ3) is 3.68. The molecule has 1 amide bonds. The molecular weight excluding hydrogens is 383 g/mol. The summed E-state index contributed by atoms with van der Waals surface area (Å²) in [6.07, 6.45) is 0. The van der Waals surface area contributed by atoms with Crippen LogP contribution in [0.1, 0.15) is 16.2 Å². The third-order valence-electron chi connectivity index (χ3n) is 5.07. The molecule has 0 unspecified atom stereocenters. The molecule has 1 aromatic heterocycles. The van der Waals surface area contributed by atoms with Crippen LogP contribution in [0.5, 0.6) is 0 Å². The van der Waals surface area contributed by atoms with Crippen LogP contribution < -0.4 is 0 Å². The van der Waals surface area contributed by atoms with Gasteiger partial charge in [0.2, 0.25) is 0 Å². The second kappa shape index (κ2) is 7.50. The maximum Gasteiger partial charge on any atom is 0.255 e. The minimum absolute atomic E-state index is 0.0425. The summed E-state index contributed by atoms with van der Waals surface area (Å²) in [6, 6.07) is 13.1. The summed E-state index contributed by atoms with van der Waals surface area (Å²) in [5, 5.41) is 0.929. The van der Waals surface area contributed by atoms with Crippen molar-refractivity contribution in [3.8, 4) is 0 Å². The van der Waals surface area contributed by atoms with E-state index >= 15 is 0 Å². The summed E-state index contributed by atoms with van der Waals surface area (Å²) in [5.74, 6) is 0.996. The van der Waals surface area contributed by atoms with E-state index < -0.39 is 0 Å². The first-order valence-electron chi connectivity index (χ1n) is 8.90. The Bertz CT molecular complexity index is 993. The summed E-state index contributed by atoms with van der Waals surface area (Å²) < 4.78 is 2.14. The van der Waals surface area contributed by atoms with Crippen molar-refractivity contribution in [3.63, 3.8) is 0 Å². The number of rotatable bonds is 3. The van der Waals surface area contributed by atoms with Crippen molar-refractivity contribution in [2.24, 2.45) is 7.05 Å². The van der Waals surface area contributed by atoms with Crippen LogP contribution in [0.4, 0.5) is 0 Å². The number of piperazine rings is 1. The summed E-state index contributed by atoms with van der Waals surface area (Å²) in [4.78, 5) is 21.6. The van der Waals surface area contributed by atoms with E-state index in [9.17, 15) is 4.79 Å². The summed E-state index contributed by atoms with van der Waals surface area (Å²) in [7, 11) is 2.05. The second-order valence-corrected chi connectivity index (χ2v) is 7.61. The first-order valence-corrected chi connectivity index (χ1v) is 9.65. The Hall–Kier alpha value is -2.08. The lowest BCUT2D eigenvalue weighted by atomic mass is 10.1. The molecule has 140 valence electrons. The Morgan fingerprint density at radius 3 is 2.52 bits per heavy atom. The molecule has 7 heteroatoms. The number of carbonyl (C=O) groups excluding carboxylic acids is 1. The topological polar surface area (TPSA) is 41.4 Å². The van der Waals surface area contributed by atoms with E-state index in [1.54, 1.807) is 18.2 Å². The van der Waals surface area contributed by atoms with Crippen LogP contribution >= 0.6 is 23.2 Å². The zero-order valence-electron chi connectivity index (χ0n) is 15.0. The highest BCUT2D eigenvalue weighted by molar-refractivity contribution is 6.36. The molecule has 1 saturated heterocycles. The Labute approximate surface area is 168 Å². The Kier molecular flexibility index (Phi) is 5.08. The van der Waals surface area contributed by atoms with Gasteiger partial charge in [-0.15, -0.1) is 0 Å². The number of hydrogen-bond donors (Lipinski definition) is 0. The number of para-hydroxylation sites is 2. The predicted molar refractivity (Wildman–Crippen MR) is 108 cm³/mol. The van der Waals surface area contributed by atoms with E-state index in [0.29, 0.717) is 28.7 Å². The van der Waals surface area contributed by atoms with Gasteiger partial charge in [-0.3, -0.25) is 9.69 Å². The van der Waals surface area contributed by atoms with Crippen LogP contribution in [0.15, 0.2) is 42.5 Å². The number of hydrogen-bond acceptors (Lipinski definition) is 3. The first kappa shape index (κ1) is 18.3. The van der Waals surface area contributed by atoms with Crippen LogP contribution in [0.25, 0.3) is 11.0 Å².